The van der Waals surface area contributed by atoms with Gasteiger partial charge in [-0.05, 0) is 29.2 Å². The van der Waals surface area contributed by atoms with Gasteiger partial charge < -0.3 is 14.4 Å². The normalized spacial score (nSPS) is 11.6. The molecule has 1 aromatic heterocycles. The third kappa shape index (κ3) is 5.09. The standard InChI is InChI=1S/C23H22N2O3/c24-13-11-21(26)16-25-14-12-20(15-18-7-3-1-4-8-18)22(25)23(27)28-17-19-9-5-2-6-10-19/h1-10,12,14,21,26H,11,15-17H2/t21-/m0/s1. The minimum Gasteiger partial charge on any atom is -0.456 e. The Bertz CT molecular complexity index is 943. The van der Waals surface area contributed by atoms with Gasteiger partial charge in [-0.25, -0.2) is 4.79 Å². The molecule has 0 amide bonds. The van der Waals surface area contributed by atoms with E-state index in [9.17, 15) is 9.90 Å². The van der Waals surface area contributed by atoms with E-state index in [1.165, 1.54) is 0 Å². The van der Waals surface area contributed by atoms with E-state index in [-0.39, 0.29) is 19.6 Å². The Hall–Kier alpha value is -3.36. The van der Waals surface area contributed by atoms with Crippen LogP contribution >= 0.6 is 0 Å². The van der Waals surface area contributed by atoms with Crippen LogP contribution in [0, 0.1) is 11.3 Å². The van der Waals surface area contributed by atoms with Crippen molar-refractivity contribution in [3.05, 3.63) is 95.3 Å². The van der Waals surface area contributed by atoms with Crippen molar-refractivity contribution in [1.82, 2.24) is 4.57 Å². The summed E-state index contributed by atoms with van der Waals surface area (Å²) < 4.78 is 7.20. The number of benzene rings is 2. The lowest BCUT2D eigenvalue weighted by Gasteiger charge is -2.14. The molecule has 142 valence electrons. The van der Waals surface area contributed by atoms with Gasteiger partial charge in [0.15, 0.2) is 0 Å². The summed E-state index contributed by atoms with van der Waals surface area (Å²) in [6.45, 7) is 0.342. The van der Waals surface area contributed by atoms with Crippen LogP contribution in [0.15, 0.2) is 72.9 Å². The van der Waals surface area contributed by atoms with E-state index in [1.54, 1.807) is 10.8 Å². The van der Waals surface area contributed by atoms with Crippen LogP contribution in [0.3, 0.4) is 0 Å². The van der Waals surface area contributed by atoms with Gasteiger partial charge in [0.2, 0.25) is 0 Å². The Labute approximate surface area is 164 Å². The average Bonchev–Trinajstić information content (AvgIpc) is 3.10. The molecule has 1 heterocycles. The molecule has 0 aliphatic rings. The van der Waals surface area contributed by atoms with Gasteiger partial charge >= 0.3 is 5.97 Å². The summed E-state index contributed by atoms with van der Waals surface area (Å²) in [5.41, 5.74) is 3.23. The van der Waals surface area contributed by atoms with Crippen LogP contribution in [0.5, 0.6) is 0 Å². The molecule has 0 aliphatic carbocycles. The van der Waals surface area contributed by atoms with Gasteiger partial charge in [-0.3, -0.25) is 0 Å². The van der Waals surface area contributed by atoms with Gasteiger partial charge in [0.05, 0.1) is 18.6 Å². The second-order valence-electron chi connectivity index (χ2n) is 6.58. The van der Waals surface area contributed by atoms with Crippen LogP contribution in [0.4, 0.5) is 0 Å². The Morgan fingerprint density at radius 1 is 1.04 bits per heavy atom. The van der Waals surface area contributed by atoms with Gasteiger partial charge in [0.1, 0.15) is 12.3 Å². The summed E-state index contributed by atoms with van der Waals surface area (Å²) in [5, 5.41) is 18.8. The van der Waals surface area contributed by atoms with Crippen LogP contribution in [0.2, 0.25) is 0 Å². The zero-order valence-electron chi connectivity index (χ0n) is 15.5. The van der Waals surface area contributed by atoms with E-state index in [0.29, 0.717) is 12.1 Å². The molecule has 0 spiro atoms. The van der Waals surface area contributed by atoms with Crippen molar-refractivity contribution in [3.8, 4) is 6.07 Å². The number of carbonyl (C=O) groups excluding carboxylic acids is 1. The summed E-state index contributed by atoms with van der Waals surface area (Å²) in [6.07, 6.45) is 1.50. The van der Waals surface area contributed by atoms with Crippen LogP contribution in [0.1, 0.15) is 33.6 Å². The second kappa shape index (κ2) is 9.54. The van der Waals surface area contributed by atoms with Crippen molar-refractivity contribution in [1.29, 1.82) is 5.26 Å². The molecule has 0 saturated heterocycles. The molecule has 0 unspecified atom stereocenters. The van der Waals surface area contributed by atoms with Crippen molar-refractivity contribution in [2.45, 2.75) is 32.1 Å². The monoisotopic (exact) mass is 374 g/mol. The zero-order valence-corrected chi connectivity index (χ0v) is 15.5. The van der Waals surface area contributed by atoms with Crippen LogP contribution in [-0.2, 0) is 24.3 Å². The minimum atomic E-state index is -0.845. The van der Waals surface area contributed by atoms with Gasteiger partial charge in [-0.2, -0.15) is 5.26 Å². The summed E-state index contributed by atoms with van der Waals surface area (Å²) in [4.78, 5) is 12.9. The van der Waals surface area contributed by atoms with E-state index in [0.717, 1.165) is 16.7 Å². The minimum absolute atomic E-state index is 0.00466. The fourth-order valence-corrected chi connectivity index (χ4v) is 3.07. The zero-order chi connectivity index (χ0) is 19.8. The van der Waals surface area contributed by atoms with Crippen molar-refractivity contribution < 1.29 is 14.6 Å². The average molecular weight is 374 g/mol. The number of aliphatic hydroxyl groups is 1. The van der Waals surface area contributed by atoms with E-state index >= 15 is 0 Å². The largest absolute Gasteiger partial charge is 0.456 e. The topological polar surface area (TPSA) is 75.2 Å². The van der Waals surface area contributed by atoms with Gasteiger partial charge in [0, 0.05) is 12.7 Å². The number of nitrogens with zero attached hydrogens (tertiary/aromatic N) is 2. The number of aromatic nitrogens is 1. The smallest absolute Gasteiger partial charge is 0.355 e. The lowest BCUT2D eigenvalue weighted by atomic mass is 10.1. The van der Waals surface area contributed by atoms with Crippen LogP contribution in [-0.4, -0.2) is 21.7 Å². The maximum Gasteiger partial charge on any atom is 0.355 e. The molecule has 28 heavy (non-hydrogen) atoms. The predicted octanol–water partition coefficient (Wildman–Crippen LogP) is 3.71. The molecule has 3 aromatic rings. The second-order valence-corrected chi connectivity index (χ2v) is 6.58. The Balaban J connectivity index is 1.82. The van der Waals surface area contributed by atoms with Crippen molar-refractivity contribution >= 4 is 5.97 Å². The molecule has 0 aliphatic heterocycles. The number of rotatable bonds is 8. The molecular weight excluding hydrogens is 352 g/mol. The lowest BCUT2D eigenvalue weighted by molar-refractivity contribution is 0.0454. The summed E-state index contributed by atoms with van der Waals surface area (Å²) in [6, 6.07) is 23.2. The van der Waals surface area contributed by atoms with E-state index in [4.69, 9.17) is 10.00 Å². The summed E-state index contributed by atoms with van der Waals surface area (Å²) >= 11 is 0. The molecule has 0 saturated carbocycles. The number of esters is 1. The fourth-order valence-electron chi connectivity index (χ4n) is 3.07. The van der Waals surface area contributed by atoms with Crippen LogP contribution in [0.25, 0.3) is 0 Å². The maximum absolute atomic E-state index is 12.9. The highest BCUT2D eigenvalue weighted by atomic mass is 16.5. The summed E-state index contributed by atoms with van der Waals surface area (Å²) in [5.74, 6) is -0.441. The Kier molecular flexibility index (Phi) is 6.61. The molecule has 5 heteroatoms. The highest BCUT2D eigenvalue weighted by Crippen LogP contribution is 2.19. The van der Waals surface area contributed by atoms with Gasteiger partial charge in [-0.1, -0.05) is 60.7 Å². The predicted molar refractivity (Wildman–Crippen MR) is 105 cm³/mol. The number of nitriles is 1. The van der Waals surface area contributed by atoms with Crippen molar-refractivity contribution in [2.75, 3.05) is 0 Å². The molecule has 1 atom stereocenters. The van der Waals surface area contributed by atoms with Gasteiger partial charge in [-0.15, -0.1) is 0 Å². The summed E-state index contributed by atoms with van der Waals surface area (Å²) in [7, 11) is 0. The molecular formula is C23H22N2O3. The number of hydrogen-bond donors (Lipinski definition) is 1. The molecule has 0 fully saturated rings. The Morgan fingerprint density at radius 2 is 1.68 bits per heavy atom. The van der Waals surface area contributed by atoms with Crippen molar-refractivity contribution in [3.63, 3.8) is 0 Å². The molecule has 5 nitrogen and oxygen atoms in total. The van der Waals surface area contributed by atoms with Crippen molar-refractivity contribution in [2.24, 2.45) is 0 Å². The first-order valence-corrected chi connectivity index (χ1v) is 9.15. The Morgan fingerprint density at radius 3 is 2.32 bits per heavy atom. The third-order valence-electron chi connectivity index (χ3n) is 4.42. The third-order valence-corrected chi connectivity index (χ3v) is 4.42. The highest BCUT2D eigenvalue weighted by molar-refractivity contribution is 5.89. The molecule has 1 N–H and O–H groups in total. The van der Waals surface area contributed by atoms with E-state index in [1.807, 2.05) is 72.8 Å². The molecule has 3 rings (SSSR count). The van der Waals surface area contributed by atoms with E-state index in [2.05, 4.69) is 0 Å². The first kappa shape index (κ1) is 19.4. The lowest BCUT2D eigenvalue weighted by Crippen LogP contribution is -2.20. The molecule has 2 aromatic carbocycles. The number of aliphatic hydroxyl groups excluding tert-OH is 1. The van der Waals surface area contributed by atoms with E-state index < -0.39 is 12.1 Å². The maximum atomic E-state index is 12.9. The molecule has 0 bridgehead atoms. The van der Waals surface area contributed by atoms with Crippen LogP contribution < -0.4 is 0 Å². The number of ether oxygens (including phenoxy) is 1. The molecule has 0 radical (unpaired) electrons. The van der Waals surface area contributed by atoms with Gasteiger partial charge in [0.25, 0.3) is 0 Å². The first-order chi connectivity index (χ1) is 13.7. The number of hydrogen-bond acceptors (Lipinski definition) is 4. The SMILES string of the molecule is N#CC[C@H](O)Cn1ccc(Cc2ccccc2)c1C(=O)OCc1ccccc1. The highest BCUT2D eigenvalue weighted by Gasteiger charge is 2.20. The fraction of sp³-hybridized carbons (Fsp3) is 0.217. The quantitative estimate of drug-likeness (QED) is 0.610. The number of carbonyl (C=O) groups is 1. The first-order valence-electron chi connectivity index (χ1n) is 9.15.